The van der Waals surface area contributed by atoms with Gasteiger partial charge in [-0.05, 0) is 47.9 Å². The first-order chi connectivity index (χ1) is 15.0. The minimum Gasteiger partial charge on any atom is -0.323 e. The van der Waals surface area contributed by atoms with Crippen molar-refractivity contribution < 1.29 is 8.78 Å². The van der Waals surface area contributed by atoms with E-state index in [2.05, 4.69) is 21.8 Å². The first-order valence-electron chi connectivity index (χ1n) is 10.3. The van der Waals surface area contributed by atoms with E-state index in [0.717, 1.165) is 36.5 Å². The molecule has 0 saturated carbocycles. The van der Waals surface area contributed by atoms with Crippen LogP contribution in [0.5, 0.6) is 0 Å². The fourth-order valence-electron chi connectivity index (χ4n) is 4.48. The molecule has 1 N–H and O–H groups in total. The van der Waals surface area contributed by atoms with Crippen molar-refractivity contribution in [2.45, 2.75) is 19.4 Å². The molecule has 3 heterocycles. The zero-order valence-corrected chi connectivity index (χ0v) is 17.1. The van der Waals surface area contributed by atoms with E-state index in [9.17, 15) is 13.6 Å². The first-order valence-corrected chi connectivity index (χ1v) is 10.3. The van der Waals surface area contributed by atoms with Gasteiger partial charge in [0.2, 0.25) is 0 Å². The van der Waals surface area contributed by atoms with E-state index in [-0.39, 0.29) is 23.1 Å². The number of benzene rings is 2. The van der Waals surface area contributed by atoms with E-state index in [1.54, 1.807) is 22.7 Å². The normalized spacial score (nSPS) is 19.3. The maximum Gasteiger partial charge on any atom is 0.274 e. The van der Waals surface area contributed by atoms with Gasteiger partial charge in [-0.3, -0.25) is 14.1 Å². The summed E-state index contributed by atoms with van der Waals surface area (Å²) in [6, 6.07) is 12.7. The molecule has 0 aliphatic carbocycles. The topological polar surface area (TPSA) is 53.4 Å². The summed E-state index contributed by atoms with van der Waals surface area (Å²) in [6.07, 6.45) is 3.48. The van der Waals surface area contributed by atoms with Crippen LogP contribution in [0.1, 0.15) is 24.1 Å². The van der Waals surface area contributed by atoms with Gasteiger partial charge in [0.15, 0.2) is 0 Å². The van der Waals surface area contributed by atoms with Gasteiger partial charge in [-0.25, -0.2) is 13.8 Å². The molecule has 2 unspecified atom stereocenters. The molecule has 1 aliphatic heterocycles. The van der Waals surface area contributed by atoms with E-state index in [1.165, 1.54) is 24.3 Å². The van der Waals surface area contributed by atoms with E-state index in [4.69, 9.17) is 0 Å². The average Bonchev–Trinajstić information content (AvgIpc) is 3.34. The zero-order valence-electron chi connectivity index (χ0n) is 17.1. The van der Waals surface area contributed by atoms with Crippen LogP contribution in [0.3, 0.4) is 0 Å². The fraction of sp³-hybridized carbons (Fsp3) is 0.250. The lowest BCUT2D eigenvalue weighted by Crippen LogP contribution is -2.21. The molecule has 1 saturated heterocycles. The Morgan fingerprint density at radius 3 is 2.42 bits per heavy atom. The molecular formula is C24H22F2N4O. The largest absolute Gasteiger partial charge is 0.323 e. The summed E-state index contributed by atoms with van der Waals surface area (Å²) < 4.78 is 28.3. The number of rotatable bonds is 4. The predicted molar refractivity (Wildman–Crippen MR) is 115 cm³/mol. The number of fused-ring (bicyclic) bond motifs is 1. The van der Waals surface area contributed by atoms with Crippen LogP contribution >= 0.6 is 0 Å². The number of aromatic nitrogens is 3. The minimum absolute atomic E-state index is 0.154. The van der Waals surface area contributed by atoms with Crippen LogP contribution in [0.25, 0.3) is 16.9 Å². The second-order valence-electron chi connectivity index (χ2n) is 8.29. The molecule has 1 aliphatic rings. The van der Waals surface area contributed by atoms with Gasteiger partial charge in [0.1, 0.15) is 23.0 Å². The van der Waals surface area contributed by atoms with E-state index in [0.29, 0.717) is 17.3 Å². The van der Waals surface area contributed by atoms with Gasteiger partial charge < -0.3 is 4.98 Å². The van der Waals surface area contributed by atoms with E-state index < -0.39 is 0 Å². The van der Waals surface area contributed by atoms with Gasteiger partial charge in [0, 0.05) is 43.0 Å². The Bertz CT molecular complexity index is 1280. The Hall–Kier alpha value is -3.32. The second-order valence-corrected chi connectivity index (χ2v) is 8.29. The Morgan fingerprint density at radius 1 is 1.03 bits per heavy atom. The van der Waals surface area contributed by atoms with Gasteiger partial charge in [-0.1, -0.05) is 19.1 Å². The third-order valence-corrected chi connectivity index (χ3v) is 6.06. The van der Waals surface area contributed by atoms with Gasteiger partial charge in [-0.15, -0.1) is 0 Å². The summed E-state index contributed by atoms with van der Waals surface area (Å²) in [5.41, 5.74) is 2.93. The summed E-state index contributed by atoms with van der Waals surface area (Å²) in [7, 11) is 0. The van der Waals surface area contributed by atoms with Crippen molar-refractivity contribution in [1.82, 2.24) is 19.3 Å². The first kappa shape index (κ1) is 19.6. The van der Waals surface area contributed by atoms with Crippen LogP contribution < -0.4 is 5.56 Å². The van der Waals surface area contributed by atoms with Crippen molar-refractivity contribution in [3.05, 3.63) is 94.2 Å². The summed E-state index contributed by atoms with van der Waals surface area (Å²) in [5, 5.41) is 0. The predicted octanol–water partition coefficient (Wildman–Crippen LogP) is 4.20. The second kappa shape index (κ2) is 7.74. The summed E-state index contributed by atoms with van der Waals surface area (Å²) >= 11 is 0. The number of hydrogen-bond acceptors (Lipinski definition) is 3. The molecule has 2 aromatic heterocycles. The maximum absolute atomic E-state index is 13.3. The standard InChI is InChI=1S/C24H22F2N4O/c1-15-11-29(12-16-2-6-18(25)7-3-16)13-20(15)21-14-30-22(24(31)28-21)10-27-23(30)17-4-8-19(26)9-5-17/h2-10,14-15,20H,11-13H2,1H3,(H,28,31). The lowest BCUT2D eigenvalue weighted by atomic mass is 9.95. The Morgan fingerprint density at radius 2 is 1.71 bits per heavy atom. The number of hydrogen-bond donors (Lipinski definition) is 1. The highest BCUT2D eigenvalue weighted by molar-refractivity contribution is 5.61. The molecule has 2 atom stereocenters. The molecule has 5 nitrogen and oxygen atoms in total. The lowest BCUT2D eigenvalue weighted by Gasteiger charge is -2.16. The smallest absolute Gasteiger partial charge is 0.274 e. The van der Waals surface area contributed by atoms with Crippen molar-refractivity contribution in [1.29, 1.82) is 0 Å². The van der Waals surface area contributed by atoms with Crippen molar-refractivity contribution in [2.75, 3.05) is 13.1 Å². The highest BCUT2D eigenvalue weighted by atomic mass is 19.1. The van der Waals surface area contributed by atoms with Crippen LogP contribution in [0.15, 0.2) is 65.7 Å². The molecule has 0 radical (unpaired) electrons. The van der Waals surface area contributed by atoms with Crippen molar-refractivity contribution in [3.63, 3.8) is 0 Å². The van der Waals surface area contributed by atoms with E-state index >= 15 is 0 Å². The summed E-state index contributed by atoms with van der Waals surface area (Å²) in [5.74, 6) is 0.548. The summed E-state index contributed by atoms with van der Waals surface area (Å²) in [4.78, 5) is 22.5. The number of likely N-dealkylation sites (tertiary alicyclic amines) is 1. The molecule has 31 heavy (non-hydrogen) atoms. The minimum atomic E-state index is -0.316. The SMILES string of the molecule is CC1CN(Cc2ccc(F)cc2)CC1c1cn2c(-c3ccc(F)cc3)ncc2c(=O)[nH]1. The van der Waals surface area contributed by atoms with Crippen LogP contribution in [-0.2, 0) is 6.54 Å². The molecule has 7 heteroatoms. The molecule has 0 spiro atoms. The zero-order chi connectivity index (χ0) is 21.5. The Labute approximate surface area is 178 Å². The molecule has 1 fully saturated rings. The third-order valence-electron chi connectivity index (χ3n) is 6.06. The van der Waals surface area contributed by atoms with Crippen LogP contribution in [-0.4, -0.2) is 32.4 Å². The van der Waals surface area contributed by atoms with Gasteiger partial charge in [0.05, 0.1) is 6.20 Å². The third kappa shape index (κ3) is 3.77. The lowest BCUT2D eigenvalue weighted by molar-refractivity contribution is 0.318. The number of imidazole rings is 1. The molecule has 158 valence electrons. The van der Waals surface area contributed by atoms with E-state index in [1.807, 2.05) is 18.3 Å². The van der Waals surface area contributed by atoms with Crippen molar-refractivity contribution in [2.24, 2.45) is 5.92 Å². The van der Waals surface area contributed by atoms with Crippen LogP contribution in [0.4, 0.5) is 8.78 Å². The number of halogens is 2. The van der Waals surface area contributed by atoms with Crippen LogP contribution in [0, 0.1) is 17.6 Å². The molecular weight excluding hydrogens is 398 g/mol. The van der Waals surface area contributed by atoms with Crippen molar-refractivity contribution >= 4 is 5.52 Å². The van der Waals surface area contributed by atoms with Gasteiger partial charge in [-0.2, -0.15) is 0 Å². The quantitative estimate of drug-likeness (QED) is 0.538. The molecule has 4 aromatic rings. The molecule has 0 bridgehead atoms. The number of nitrogens with one attached hydrogen (secondary N) is 1. The number of H-pyrrole nitrogens is 1. The molecule has 0 amide bonds. The van der Waals surface area contributed by atoms with Crippen molar-refractivity contribution in [3.8, 4) is 11.4 Å². The van der Waals surface area contributed by atoms with Crippen LogP contribution in [0.2, 0.25) is 0 Å². The molecule has 5 rings (SSSR count). The summed E-state index contributed by atoms with van der Waals surface area (Å²) in [6.45, 7) is 4.59. The molecule has 2 aromatic carbocycles. The Balaban J connectivity index is 1.45. The number of aromatic amines is 1. The highest BCUT2D eigenvalue weighted by Crippen LogP contribution is 2.32. The maximum atomic E-state index is 13.3. The fourth-order valence-corrected chi connectivity index (χ4v) is 4.48. The monoisotopic (exact) mass is 420 g/mol. The number of nitrogens with zero attached hydrogens (tertiary/aromatic N) is 3. The Kier molecular flexibility index (Phi) is 4.90. The van der Waals surface area contributed by atoms with Gasteiger partial charge >= 0.3 is 0 Å². The average molecular weight is 420 g/mol. The van der Waals surface area contributed by atoms with Gasteiger partial charge in [0.25, 0.3) is 5.56 Å². The highest BCUT2D eigenvalue weighted by Gasteiger charge is 2.32.